The number of nitrogens with zero attached hydrogens (tertiary/aromatic N) is 1. The monoisotopic (exact) mass is 462 g/mol. The van der Waals surface area contributed by atoms with Gasteiger partial charge in [-0.05, 0) is 54.6 Å². The molecule has 32 heavy (non-hydrogen) atoms. The molecule has 1 N–H and O–H groups in total. The van der Waals surface area contributed by atoms with Crippen LogP contribution in [0, 0.1) is 11.6 Å². The molecular weight excluding hydrogens is 442 g/mol. The first kappa shape index (κ1) is 23.3. The molecule has 0 aliphatic carbocycles. The number of thioether (sulfide) groups is 1. The van der Waals surface area contributed by atoms with Crippen molar-refractivity contribution in [3.05, 3.63) is 64.1 Å². The van der Waals surface area contributed by atoms with Gasteiger partial charge in [0.25, 0.3) is 17.1 Å². The van der Waals surface area contributed by atoms with E-state index < -0.39 is 28.7 Å². The molecule has 10 heteroatoms. The lowest BCUT2D eigenvalue weighted by Crippen LogP contribution is -2.37. The average Bonchev–Trinajstić information content (AvgIpc) is 3.02. The smallest absolute Gasteiger partial charge is 0.293 e. The summed E-state index contributed by atoms with van der Waals surface area (Å²) in [6.07, 6.45) is 1.57. The van der Waals surface area contributed by atoms with E-state index >= 15 is 0 Å². The van der Waals surface area contributed by atoms with Crippen LogP contribution in [0.15, 0.2) is 41.3 Å². The number of benzene rings is 2. The van der Waals surface area contributed by atoms with Crippen LogP contribution in [0.2, 0.25) is 0 Å². The van der Waals surface area contributed by atoms with E-state index in [9.17, 15) is 23.2 Å². The molecule has 1 heterocycles. The Morgan fingerprint density at radius 2 is 1.94 bits per heavy atom. The van der Waals surface area contributed by atoms with Gasteiger partial charge in [-0.1, -0.05) is 6.07 Å². The van der Waals surface area contributed by atoms with E-state index in [1.165, 1.54) is 7.11 Å². The van der Waals surface area contributed by atoms with E-state index in [0.29, 0.717) is 29.7 Å². The minimum absolute atomic E-state index is 0.0855. The summed E-state index contributed by atoms with van der Waals surface area (Å²) in [5, 5.41) is 1.93. The number of rotatable bonds is 8. The highest BCUT2D eigenvalue weighted by Crippen LogP contribution is 2.34. The summed E-state index contributed by atoms with van der Waals surface area (Å²) in [7, 11) is 1.50. The van der Waals surface area contributed by atoms with Gasteiger partial charge in [0, 0.05) is 19.2 Å². The van der Waals surface area contributed by atoms with Crippen molar-refractivity contribution in [2.75, 3.05) is 26.8 Å². The van der Waals surface area contributed by atoms with E-state index in [1.54, 1.807) is 24.3 Å². The molecule has 168 valence electrons. The van der Waals surface area contributed by atoms with Crippen molar-refractivity contribution in [3.8, 4) is 11.5 Å². The van der Waals surface area contributed by atoms with Crippen LogP contribution in [-0.4, -0.2) is 48.8 Å². The highest BCUT2D eigenvalue weighted by atomic mass is 32.2. The Hall–Kier alpha value is -3.40. The van der Waals surface area contributed by atoms with Gasteiger partial charge < -0.3 is 14.8 Å². The van der Waals surface area contributed by atoms with Gasteiger partial charge in [-0.25, -0.2) is 8.78 Å². The Morgan fingerprint density at radius 3 is 2.62 bits per heavy atom. The van der Waals surface area contributed by atoms with Gasteiger partial charge in [0.15, 0.2) is 11.5 Å². The predicted octanol–water partition coefficient (Wildman–Crippen LogP) is 3.84. The maximum Gasteiger partial charge on any atom is 0.293 e. The van der Waals surface area contributed by atoms with E-state index in [1.807, 2.05) is 6.92 Å². The largest absolute Gasteiger partial charge is 0.493 e. The zero-order valence-corrected chi connectivity index (χ0v) is 18.1. The summed E-state index contributed by atoms with van der Waals surface area (Å²) in [5.41, 5.74) is 0.320. The molecule has 1 saturated heterocycles. The lowest BCUT2D eigenvalue weighted by Gasteiger charge is -2.13. The summed E-state index contributed by atoms with van der Waals surface area (Å²) in [4.78, 5) is 38.1. The zero-order valence-electron chi connectivity index (χ0n) is 17.3. The van der Waals surface area contributed by atoms with Crippen molar-refractivity contribution in [1.82, 2.24) is 10.2 Å². The number of methoxy groups -OCH3 is 1. The number of hydrogen-bond acceptors (Lipinski definition) is 6. The Kier molecular flexibility index (Phi) is 7.47. The molecule has 1 aliphatic heterocycles. The van der Waals surface area contributed by atoms with Crippen LogP contribution in [-0.2, 0) is 4.79 Å². The highest BCUT2D eigenvalue weighted by Gasteiger charge is 2.34. The van der Waals surface area contributed by atoms with Crippen LogP contribution in [0.1, 0.15) is 22.8 Å². The molecule has 1 fully saturated rings. The lowest BCUT2D eigenvalue weighted by atomic mass is 10.2. The SMILES string of the molecule is CCOc1ccc(C=C2SC(=O)N(CCNC(=O)c3ccc(F)cc3F)C2=O)cc1OC. The zero-order chi connectivity index (χ0) is 23.3. The molecule has 7 nitrogen and oxygen atoms in total. The Labute approximate surface area is 187 Å². The van der Waals surface area contributed by atoms with Crippen molar-refractivity contribution >= 4 is 34.9 Å². The Morgan fingerprint density at radius 1 is 1.16 bits per heavy atom. The topological polar surface area (TPSA) is 84.9 Å². The van der Waals surface area contributed by atoms with Gasteiger partial charge in [0.1, 0.15) is 11.6 Å². The Balaban J connectivity index is 1.64. The highest BCUT2D eigenvalue weighted by molar-refractivity contribution is 8.18. The summed E-state index contributed by atoms with van der Waals surface area (Å²) >= 11 is 0.776. The molecule has 0 radical (unpaired) electrons. The lowest BCUT2D eigenvalue weighted by molar-refractivity contribution is -0.122. The molecule has 0 aromatic heterocycles. The number of imide groups is 1. The quantitative estimate of drug-likeness (QED) is 0.600. The third-order valence-corrected chi connectivity index (χ3v) is 5.36. The van der Waals surface area contributed by atoms with Crippen molar-refractivity contribution in [2.24, 2.45) is 0 Å². The first-order valence-electron chi connectivity index (χ1n) is 9.63. The van der Waals surface area contributed by atoms with E-state index in [4.69, 9.17) is 9.47 Å². The minimum Gasteiger partial charge on any atom is -0.493 e. The number of carbonyl (C=O) groups is 3. The molecule has 0 saturated carbocycles. The van der Waals surface area contributed by atoms with Crippen molar-refractivity contribution < 1.29 is 32.6 Å². The van der Waals surface area contributed by atoms with Crippen LogP contribution < -0.4 is 14.8 Å². The summed E-state index contributed by atoms with van der Waals surface area (Å²) < 4.78 is 37.4. The molecule has 0 atom stereocenters. The molecular formula is C22H20F2N2O5S. The fourth-order valence-corrected chi connectivity index (χ4v) is 3.81. The van der Waals surface area contributed by atoms with E-state index in [0.717, 1.165) is 28.8 Å². The van der Waals surface area contributed by atoms with E-state index in [2.05, 4.69) is 5.32 Å². The van der Waals surface area contributed by atoms with E-state index in [-0.39, 0.29) is 23.6 Å². The second-order valence-corrected chi connectivity index (χ2v) is 7.55. The third-order valence-electron chi connectivity index (χ3n) is 4.46. The molecule has 0 unspecified atom stereocenters. The normalized spacial score (nSPS) is 14.8. The molecule has 0 spiro atoms. The molecule has 3 rings (SSSR count). The third kappa shape index (κ3) is 5.25. The van der Waals surface area contributed by atoms with Crippen molar-refractivity contribution in [2.45, 2.75) is 6.92 Å². The van der Waals surface area contributed by atoms with Gasteiger partial charge in [-0.2, -0.15) is 0 Å². The van der Waals surface area contributed by atoms with Crippen molar-refractivity contribution in [3.63, 3.8) is 0 Å². The Bertz CT molecular complexity index is 1090. The molecule has 2 aromatic rings. The standard InChI is InChI=1S/C22H20F2N2O5S/c1-3-31-17-7-4-13(10-18(17)30-2)11-19-21(28)26(22(29)32-19)9-8-25-20(27)15-6-5-14(23)12-16(15)24/h4-7,10-12H,3,8-9H2,1-2H3,(H,25,27). The first-order valence-corrected chi connectivity index (χ1v) is 10.4. The minimum atomic E-state index is -0.998. The van der Waals surface area contributed by atoms with Crippen LogP contribution in [0.25, 0.3) is 6.08 Å². The predicted molar refractivity (Wildman–Crippen MR) is 116 cm³/mol. The van der Waals surface area contributed by atoms with Gasteiger partial charge in [-0.3, -0.25) is 19.3 Å². The average molecular weight is 462 g/mol. The second-order valence-electron chi connectivity index (χ2n) is 6.56. The number of ether oxygens (including phenoxy) is 2. The number of amides is 3. The van der Waals surface area contributed by atoms with Crippen molar-refractivity contribution in [1.29, 1.82) is 0 Å². The van der Waals surface area contributed by atoms with Crippen LogP contribution in [0.3, 0.4) is 0 Å². The maximum absolute atomic E-state index is 13.7. The maximum atomic E-state index is 13.7. The van der Waals surface area contributed by atoms with Gasteiger partial charge >= 0.3 is 0 Å². The first-order chi connectivity index (χ1) is 15.3. The molecule has 3 amide bonds. The van der Waals surface area contributed by atoms with Gasteiger partial charge in [0.05, 0.1) is 24.2 Å². The summed E-state index contributed by atoms with van der Waals surface area (Å²) in [6.45, 7) is 2.14. The van der Waals surface area contributed by atoms with Crippen LogP contribution in [0.4, 0.5) is 13.6 Å². The number of halogens is 2. The number of hydrogen-bond donors (Lipinski definition) is 1. The summed E-state index contributed by atoms with van der Waals surface area (Å²) in [5.74, 6) is -2.01. The fourth-order valence-electron chi connectivity index (χ4n) is 2.94. The molecule has 0 bridgehead atoms. The van der Waals surface area contributed by atoms with Crippen LogP contribution >= 0.6 is 11.8 Å². The summed E-state index contributed by atoms with van der Waals surface area (Å²) in [6, 6.07) is 7.73. The second kappa shape index (κ2) is 10.3. The van der Waals surface area contributed by atoms with Crippen LogP contribution in [0.5, 0.6) is 11.5 Å². The fraction of sp³-hybridized carbons (Fsp3) is 0.227. The van der Waals surface area contributed by atoms with Gasteiger partial charge in [-0.15, -0.1) is 0 Å². The number of nitrogens with one attached hydrogen (secondary N) is 1. The molecule has 2 aromatic carbocycles. The van der Waals surface area contributed by atoms with Gasteiger partial charge in [0.2, 0.25) is 0 Å². The number of carbonyl (C=O) groups excluding carboxylic acids is 3. The molecule has 1 aliphatic rings.